The van der Waals surface area contributed by atoms with E-state index in [0.717, 1.165) is 5.56 Å². The molecule has 2 aromatic carbocycles. The first-order chi connectivity index (χ1) is 13.4. The number of benzene rings is 2. The van der Waals surface area contributed by atoms with E-state index in [0.29, 0.717) is 16.9 Å². The van der Waals surface area contributed by atoms with E-state index in [1.54, 1.807) is 30.3 Å². The number of hydrogen-bond acceptors (Lipinski definition) is 6. The molecule has 1 aliphatic rings. The summed E-state index contributed by atoms with van der Waals surface area (Å²) >= 11 is 5.16. The number of anilines is 1. The highest BCUT2D eigenvalue weighted by atomic mass is 32.1. The molecule has 0 radical (unpaired) electrons. The maximum atomic E-state index is 12.9. The second kappa shape index (κ2) is 8.10. The summed E-state index contributed by atoms with van der Waals surface area (Å²) < 4.78 is 4.67. The van der Waals surface area contributed by atoms with Crippen molar-refractivity contribution >= 4 is 52.7 Å². The average molecular weight is 395 g/mol. The predicted molar refractivity (Wildman–Crippen MR) is 109 cm³/mol. The lowest BCUT2D eigenvalue weighted by Gasteiger charge is -2.30. The molecule has 1 fully saturated rings. The van der Waals surface area contributed by atoms with Crippen LogP contribution in [-0.2, 0) is 14.3 Å². The fourth-order valence-corrected chi connectivity index (χ4v) is 2.95. The van der Waals surface area contributed by atoms with E-state index < -0.39 is 23.7 Å². The molecule has 7 nitrogen and oxygen atoms in total. The molecule has 1 atom stereocenters. The number of carbonyl (C=O) groups is 3. The topological polar surface area (TPSA) is 88.1 Å². The zero-order chi connectivity index (χ0) is 20.3. The van der Waals surface area contributed by atoms with Gasteiger partial charge in [-0.2, -0.15) is 0 Å². The molecule has 0 aromatic heterocycles. The Labute approximate surface area is 167 Å². The van der Waals surface area contributed by atoms with Crippen LogP contribution in [0.2, 0.25) is 0 Å². The van der Waals surface area contributed by atoms with E-state index in [1.165, 1.54) is 24.3 Å². The van der Waals surface area contributed by atoms with Gasteiger partial charge in [-0.1, -0.05) is 23.8 Å². The molecule has 1 N–H and O–H groups in total. The number of aliphatic imine (C=N–C) groups is 1. The van der Waals surface area contributed by atoms with Gasteiger partial charge in [0.05, 0.1) is 24.0 Å². The van der Waals surface area contributed by atoms with Gasteiger partial charge >= 0.3 is 5.97 Å². The van der Waals surface area contributed by atoms with Gasteiger partial charge in [0.25, 0.3) is 5.91 Å². The number of methoxy groups -OCH3 is 1. The van der Waals surface area contributed by atoms with Crippen molar-refractivity contribution in [2.45, 2.75) is 6.92 Å². The molecular formula is C20H17N3O4S. The largest absolute Gasteiger partial charge is 0.465 e. The Morgan fingerprint density at radius 1 is 1.21 bits per heavy atom. The van der Waals surface area contributed by atoms with E-state index in [4.69, 9.17) is 12.2 Å². The lowest BCUT2D eigenvalue weighted by Crippen LogP contribution is -2.58. The van der Waals surface area contributed by atoms with Crippen molar-refractivity contribution in [2.24, 2.45) is 10.9 Å². The fraction of sp³-hybridized carbons (Fsp3) is 0.150. The molecule has 0 saturated carbocycles. The summed E-state index contributed by atoms with van der Waals surface area (Å²) in [5.74, 6) is -2.69. The molecule has 3 rings (SSSR count). The van der Waals surface area contributed by atoms with E-state index in [2.05, 4.69) is 15.0 Å². The Balaban J connectivity index is 1.86. The van der Waals surface area contributed by atoms with Gasteiger partial charge in [-0.3, -0.25) is 19.5 Å². The van der Waals surface area contributed by atoms with E-state index in [1.807, 2.05) is 19.1 Å². The van der Waals surface area contributed by atoms with Crippen LogP contribution in [0.5, 0.6) is 0 Å². The van der Waals surface area contributed by atoms with Crippen molar-refractivity contribution in [2.75, 3.05) is 12.0 Å². The van der Waals surface area contributed by atoms with Gasteiger partial charge < -0.3 is 10.1 Å². The molecular weight excluding hydrogens is 378 g/mol. The summed E-state index contributed by atoms with van der Waals surface area (Å²) in [5.41, 5.74) is 2.33. The molecule has 0 spiro atoms. The average Bonchev–Trinajstić information content (AvgIpc) is 2.68. The SMILES string of the molecule is COC(=O)c1cccc(N=C[C@@H]2C(=O)NC(=S)N(c3ccc(C)cc3)C2=O)c1. The van der Waals surface area contributed by atoms with Crippen LogP contribution in [0.15, 0.2) is 53.5 Å². The molecule has 28 heavy (non-hydrogen) atoms. The van der Waals surface area contributed by atoms with Crippen LogP contribution in [0, 0.1) is 12.8 Å². The van der Waals surface area contributed by atoms with Crippen LogP contribution in [-0.4, -0.2) is 36.2 Å². The number of carbonyl (C=O) groups excluding carboxylic acids is 3. The summed E-state index contributed by atoms with van der Waals surface area (Å²) in [6.45, 7) is 1.93. The monoisotopic (exact) mass is 395 g/mol. The lowest BCUT2D eigenvalue weighted by atomic mass is 10.1. The number of amides is 2. The van der Waals surface area contributed by atoms with Crippen molar-refractivity contribution < 1.29 is 19.1 Å². The summed E-state index contributed by atoms with van der Waals surface area (Å²) in [7, 11) is 1.28. The molecule has 1 saturated heterocycles. The van der Waals surface area contributed by atoms with Crippen molar-refractivity contribution in [3.63, 3.8) is 0 Å². The van der Waals surface area contributed by atoms with E-state index in [9.17, 15) is 14.4 Å². The molecule has 142 valence electrons. The van der Waals surface area contributed by atoms with Crippen LogP contribution < -0.4 is 10.2 Å². The second-order valence-electron chi connectivity index (χ2n) is 6.10. The maximum Gasteiger partial charge on any atom is 0.337 e. The maximum absolute atomic E-state index is 12.9. The predicted octanol–water partition coefficient (Wildman–Crippen LogP) is 2.55. The molecule has 8 heteroatoms. The Bertz CT molecular complexity index is 985. The molecule has 0 unspecified atom stereocenters. The number of ether oxygens (including phenoxy) is 1. The minimum atomic E-state index is -1.14. The quantitative estimate of drug-likeness (QED) is 0.372. The third-order valence-corrected chi connectivity index (χ3v) is 4.42. The smallest absolute Gasteiger partial charge is 0.337 e. The van der Waals surface area contributed by atoms with E-state index in [-0.39, 0.29) is 5.11 Å². The standard InChI is InChI=1S/C20H17N3O4S/c1-12-6-8-15(9-7-12)23-18(25)16(17(24)22-20(23)28)11-21-14-5-3-4-13(10-14)19(26)27-2/h3-11,16H,1-2H3,(H,22,24,28)/t16-/m1/s1. The zero-order valence-electron chi connectivity index (χ0n) is 15.2. The van der Waals surface area contributed by atoms with Crippen molar-refractivity contribution in [1.82, 2.24) is 5.32 Å². The third kappa shape index (κ3) is 3.96. The Kier molecular flexibility index (Phi) is 5.60. The molecule has 2 amide bonds. The highest BCUT2D eigenvalue weighted by molar-refractivity contribution is 7.80. The number of nitrogens with one attached hydrogen (secondary N) is 1. The third-order valence-electron chi connectivity index (χ3n) is 4.13. The van der Waals surface area contributed by atoms with Crippen molar-refractivity contribution in [1.29, 1.82) is 0 Å². The Morgan fingerprint density at radius 3 is 2.61 bits per heavy atom. The van der Waals surface area contributed by atoms with Crippen LogP contribution in [0.25, 0.3) is 0 Å². The number of rotatable bonds is 4. The Morgan fingerprint density at radius 2 is 1.93 bits per heavy atom. The minimum absolute atomic E-state index is 0.0243. The van der Waals surface area contributed by atoms with Crippen LogP contribution >= 0.6 is 12.2 Å². The highest BCUT2D eigenvalue weighted by Crippen LogP contribution is 2.22. The number of nitrogens with zero attached hydrogens (tertiary/aromatic N) is 2. The molecule has 2 aromatic rings. The summed E-state index contributed by atoms with van der Waals surface area (Å²) in [4.78, 5) is 42.3. The number of esters is 1. The van der Waals surface area contributed by atoms with Gasteiger partial charge in [0.15, 0.2) is 11.0 Å². The van der Waals surface area contributed by atoms with E-state index >= 15 is 0 Å². The fourth-order valence-electron chi connectivity index (χ4n) is 2.65. The van der Waals surface area contributed by atoms with Gasteiger partial charge in [0.2, 0.25) is 5.91 Å². The Hall–Kier alpha value is -3.39. The molecule has 1 aliphatic heterocycles. The van der Waals surface area contributed by atoms with Gasteiger partial charge in [-0.25, -0.2) is 4.79 Å². The zero-order valence-corrected chi connectivity index (χ0v) is 16.0. The summed E-state index contributed by atoms with van der Waals surface area (Å²) in [6, 6.07) is 13.6. The van der Waals surface area contributed by atoms with Crippen molar-refractivity contribution in [3.05, 3.63) is 59.7 Å². The van der Waals surface area contributed by atoms with Gasteiger partial charge in [0, 0.05) is 6.21 Å². The van der Waals surface area contributed by atoms with Crippen LogP contribution in [0.3, 0.4) is 0 Å². The first kappa shape index (κ1) is 19.4. The second-order valence-corrected chi connectivity index (χ2v) is 6.49. The van der Waals surface area contributed by atoms with Gasteiger partial charge in [-0.05, 0) is 49.5 Å². The van der Waals surface area contributed by atoms with Crippen molar-refractivity contribution in [3.8, 4) is 0 Å². The number of hydrogen-bond donors (Lipinski definition) is 1. The first-order valence-electron chi connectivity index (χ1n) is 8.38. The first-order valence-corrected chi connectivity index (χ1v) is 8.79. The lowest BCUT2D eigenvalue weighted by molar-refractivity contribution is -0.130. The van der Waals surface area contributed by atoms with Crippen LogP contribution in [0.1, 0.15) is 15.9 Å². The number of aryl methyl sites for hydroxylation is 1. The van der Waals surface area contributed by atoms with Gasteiger partial charge in [0.1, 0.15) is 0 Å². The minimum Gasteiger partial charge on any atom is -0.465 e. The van der Waals surface area contributed by atoms with Gasteiger partial charge in [-0.15, -0.1) is 0 Å². The summed E-state index contributed by atoms with van der Waals surface area (Å²) in [5, 5.41) is 2.55. The molecule has 0 aliphatic carbocycles. The number of thiocarbonyl (C=S) groups is 1. The summed E-state index contributed by atoms with van der Waals surface area (Å²) in [6.07, 6.45) is 1.25. The normalized spacial score (nSPS) is 17.0. The van der Waals surface area contributed by atoms with Crippen LogP contribution in [0.4, 0.5) is 11.4 Å². The molecule has 0 bridgehead atoms. The highest BCUT2D eigenvalue weighted by Gasteiger charge is 2.38. The molecule has 1 heterocycles.